The van der Waals surface area contributed by atoms with Crippen molar-refractivity contribution in [3.63, 3.8) is 0 Å². The molecule has 0 aromatic carbocycles. The van der Waals surface area contributed by atoms with E-state index in [0.717, 1.165) is 11.4 Å². The second-order valence-electron chi connectivity index (χ2n) is 3.51. The first-order valence-electron chi connectivity index (χ1n) is 4.86. The largest absolute Gasteiger partial charge is 0.380 e. The number of pyridine rings is 1. The summed E-state index contributed by atoms with van der Waals surface area (Å²) in [5.74, 6) is 0. The van der Waals surface area contributed by atoms with E-state index in [9.17, 15) is 0 Å². The van der Waals surface area contributed by atoms with Crippen LogP contribution in [-0.2, 0) is 4.74 Å². The predicted octanol–water partition coefficient (Wildman–Crippen LogP) is 2.23. The van der Waals surface area contributed by atoms with Crippen molar-refractivity contribution >= 4 is 5.69 Å². The van der Waals surface area contributed by atoms with Crippen molar-refractivity contribution in [1.82, 2.24) is 4.98 Å². The average molecular weight is 194 g/mol. The topological polar surface area (TPSA) is 34.1 Å². The highest BCUT2D eigenvalue weighted by Gasteiger charge is 2.11. The van der Waals surface area contributed by atoms with Crippen molar-refractivity contribution in [2.24, 2.45) is 0 Å². The number of ether oxygens (including phenoxy) is 1. The quantitative estimate of drug-likeness (QED) is 0.798. The first kappa shape index (κ1) is 11.0. The van der Waals surface area contributed by atoms with Crippen molar-refractivity contribution in [1.29, 1.82) is 0 Å². The lowest BCUT2D eigenvalue weighted by molar-refractivity contribution is 0.106. The maximum atomic E-state index is 5.24. The summed E-state index contributed by atoms with van der Waals surface area (Å²) < 4.78 is 5.24. The van der Waals surface area contributed by atoms with Gasteiger partial charge >= 0.3 is 0 Å². The van der Waals surface area contributed by atoms with Crippen LogP contribution >= 0.6 is 0 Å². The first-order valence-corrected chi connectivity index (χ1v) is 4.86. The van der Waals surface area contributed by atoms with Crippen molar-refractivity contribution in [3.8, 4) is 0 Å². The third-order valence-electron chi connectivity index (χ3n) is 2.47. The van der Waals surface area contributed by atoms with Gasteiger partial charge < -0.3 is 10.1 Å². The zero-order valence-corrected chi connectivity index (χ0v) is 9.24. The molecule has 1 aromatic heterocycles. The van der Waals surface area contributed by atoms with E-state index < -0.39 is 0 Å². The SMILES string of the molecule is COC(C)C(C)Nc1cccnc1C. The van der Waals surface area contributed by atoms with E-state index in [-0.39, 0.29) is 12.1 Å². The summed E-state index contributed by atoms with van der Waals surface area (Å²) in [5, 5.41) is 3.37. The second kappa shape index (κ2) is 4.96. The molecule has 0 aliphatic rings. The number of methoxy groups -OCH3 is 1. The van der Waals surface area contributed by atoms with Crippen LogP contribution in [0.1, 0.15) is 19.5 Å². The van der Waals surface area contributed by atoms with Gasteiger partial charge in [-0.1, -0.05) is 0 Å². The molecule has 0 fully saturated rings. The van der Waals surface area contributed by atoms with Crippen LogP contribution in [0.25, 0.3) is 0 Å². The Balaban J connectivity index is 2.64. The molecule has 0 amide bonds. The summed E-state index contributed by atoms with van der Waals surface area (Å²) in [5.41, 5.74) is 2.09. The summed E-state index contributed by atoms with van der Waals surface area (Å²) in [7, 11) is 1.72. The molecule has 78 valence electrons. The minimum Gasteiger partial charge on any atom is -0.380 e. The number of aryl methyl sites for hydroxylation is 1. The molecule has 0 radical (unpaired) electrons. The van der Waals surface area contributed by atoms with Gasteiger partial charge in [0.15, 0.2) is 0 Å². The van der Waals surface area contributed by atoms with Crippen LogP contribution in [-0.4, -0.2) is 24.2 Å². The summed E-state index contributed by atoms with van der Waals surface area (Å²) in [6.07, 6.45) is 1.99. The van der Waals surface area contributed by atoms with Crippen molar-refractivity contribution < 1.29 is 4.74 Å². The van der Waals surface area contributed by atoms with Crippen molar-refractivity contribution in [2.45, 2.75) is 32.9 Å². The molecule has 14 heavy (non-hydrogen) atoms. The fourth-order valence-electron chi connectivity index (χ4n) is 1.20. The average Bonchev–Trinajstić information content (AvgIpc) is 2.20. The van der Waals surface area contributed by atoms with Gasteiger partial charge in [0.05, 0.1) is 17.5 Å². The Morgan fingerprint density at radius 3 is 2.71 bits per heavy atom. The highest BCUT2D eigenvalue weighted by atomic mass is 16.5. The molecule has 0 aliphatic carbocycles. The summed E-state index contributed by atoms with van der Waals surface area (Å²) in [6.45, 7) is 6.14. The number of anilines is 1. The molecule has 0 spiro atoms. The Morgan fingerprint density at radius 2 is 2.14 bits per heavy atom. The van der Waals surface area contributed by atoms with Crippen LogP contribution in [0.3, 0.4) is 0 Å². The fraction of sp³-hybridized carbons (Fsp3) is 0.545. The Bertz CT molecular complexity index is 288. The maximum Gasteiger partial charge on any atom is 0.0741 e. The van der Waals surface area contributed by atoms with Gasteiger partial charge in [-0.15, -0.1) is 0 Å². The number of nitrogens with one attached hydrogen (secondary N) is 1. The van der Waals surface area contributed by atoms with Gasteiger partial charge in [0, 0.05) is 19.3 Å². The van der Waals surface area contributed by atoms with Gasteiger partial charge in [0.25, 0.3) is 0 Å². The first-order chi connectivity index (χ1) is 6.65. The normalized spacial score (nSPS) is 14.9. The molecule has 3 heteroatoms. The number of rotatable bonds is 4. The van der Waals surface area contributed by atoms with E-state index in [1.54, 1.807) is 13.3 Å². The monoisotopic (exact) mass is 194 g/mol. The summed E-state index contributed by atoms with van der Waals surface area (Å²) >= 11 is 0. The summed E-state index contributed by atoms with van der Waals surface area (Å²) in [4.78, 5) is 4.21. The Hall–Kier alpha value is -1.09. The van der Waals surface area contributed by atoms with E-state index in [4.69, 9.17) is 4.74 Å². The molecule has 0 aliphatic heterocycles. The Morgan fingerprint density at radius 1 is 1.43 bits per heavy atom. The van der Waals surface area contributed by atoms with Crippen LogP contribution < -0.4 is 5.32 Å². The van der Waals surface area contributed by atoms with Crippen LogP contribution in [0.4, 0.5) is 5.69 Å². The molecule has 2 atom stereocenters. The van der Waals surface area contributed by atoms with E-state index in [0.29, 0.717) is 0 Å². The van der Waals surface area contributed by atoms with Crippen molar-refractivity contribution in [2.75, 3.05) is 12.4 Å². The van der Waals surface area contributed by atoms with Crippen LogP contribution in [0, 0.1) is 6.92 Å². The van der Waals surface area contributed by atoms with Crippen LogP contribution in [0.2, 0.25) is 0 Å². The molecule has 1 aromatic rings. The number of hydrogen-bond donors (Lipinski definition) is 1. The van der Waals surface area contributed by atoms with Crippen LogP contribution in [0.15, 0.2) is 18.3 Å². The molecule has 0 bridgehead atoms. The predicted molar refractivity (Wildman–Crippen MR) is 58.5 cm³/mol. The van der Waals surface area contributed by atoms with E-state index in [1.807, 2.05) is 26.0 Å². The highest BCUT2D eigenvalue weighted by Crippen LogP contribution is 2.13. The molecular formula is C11H18N2O. The lowest BCUT2D eigenvalue weighted by Crippen LogP contribution is -2.30. The highest BCUT2D eigenvalue weighted by molar-refractivity contribution is 5.47. The molecule has 3 nitrogen and oxygen atoms in total. The Kier molecular flexibility index (Phi) is 3.89. The van der Waals surface area contributed by atoms with Gasteiger partial charge in [-0.3, -0.25) is 4.98 Å². The molecule has 1 N–H and O–H groups in total. The van der Waals surface area contributed by atoms with Gasteiger partial charge in [0.1, 0.15) is 0 Å². The van der Waals surface area contributed by atoms with E-state index in [1.165, 1.54) is 0 Å². The molecular weight excluding hydrogens is 176 g/mol. The lowest BCUT2D eigenvalue weighted by Gasteiger charge is -2.21. The van der Waals surface area contributed by atoms with Gasteiger partial charge in [-0.05, 0) is 32.9 Å². The van der Waals surface area contributed by atoms with E-state index >= 15 is 0 Å². The molecule has 0 saturated carbocycles. The minimum absolute atomic E-state index is 0.189. The maximum absolute atomic E-state index is 5.24. The minimum atomic E-state index is 0.189. The second-order valence-corrected chi connectivity index (χ2v) is 3.51. The summed E-state index contributed by atoms with van der Waals surface area (Å²) in [6, 6.07) is 4.24. The molecule has 0 saturated heterocycles. The van der Waals surface area contributed by atoms with E-state index in [2.05, 4.69) is 17.2 Å². The molecule has 2 unspecified atom stereocenters. The zero-order valence-electron chi connectivity index (χ0n) is 9.24. The smallest absolute Gasteiger partial charge is 0.0741 e. The van der Waals surface area contributed by atoms with Gasteiger partial charge in [0.2, 0.25) is 0 Å². The third kappa shape index (κ3) is 2.70. The lowest BCUT2D eigenvalue weighted by atomic mass is 10.2. The van der Waals surface area contributed by atoms with Gasteiger partial charge in [-0.2, -0.15) is 0 Å². The standard InChI is InChI=1S/C11H18N2O/c1-8(10(3)14-4)13-11-6-5-7-12-9(11)2/h5-8,10,13H,1-4H3. The fourth-order valence-corrected chi connectivity index (χ4v) is 1.20. The molecule has 1 rings (SSSR count). The number of nitrogens with zero attached hydrogens (tertiary/aromatic N) is 1. The van der Waals surface area contributed by atoms with Gasteiger partial charge in [-0.25, -0.2) is 0 Å². The zero-order chi connectivity index (χ0) is 10.6. The van der Waals surface area contributed by atoms with Crippen LogP contribution in [0.5, 0.6) is 0 Å². The number of hydrogen-bond acceptors (Lipinski definition) is 3. The van der Waals surface area contributed by atoms with Crippen molar-refractivity contribution in [3.05, 3.63) is 24.0 Å². The molecule has 1 heterocycles. The number of aromatic nitrogens is 1. The third-order valence-corrected chi connectivity index (χ3v) is 2.47. The Labute approximate surface area is 85.5 Å².